The highest BCUT2D eigenvalue weighted by molar-refractivity contribution is 5.90. The quantitative estimate of drug-likeness (QED) is 0.683. The number of carbonyl (C=O) groups excluding carboxylic acids is 2. The smallest absolute Gasteiger partial charge is 0.444 e. The summed E-state index contributed by atoms with van der Waals surface area (Å²) in [7, 11) is 0. The second-order valence-corrected chi connectivity index (χ2v) is 5.06. The van der Waals surface area contributed by atoms with E-state index in [0.29, 0.717) is 0 Å². The van der Waals surface area contributed by atoms with Crippen LogP contribution >= 0.6 is 0 Å². The Morgan fingerprint density at radius 3 is 2.37 bits per heavy atom. The molecule has 6 nitrogen and oxygen atoms in total. The monoisotopic (exact) mass is 284 g/mol. The van der Waals surface area contributed by atoms with E-state index in [4.69, 9.17) is 4.74 Å². The molecule has 0 aliphatic carbocycles. The lowest BCUT2D eigenvalue weighted by atomic mass is 10.1. The first-order valence-electron chi connectivity index (χ1n) is 5.47. The first kappa shape index (κ1) is 15.5. The van der Waals surface area contributed by atoms with Gasteiger partial charge in [-0.05, 0) is 20.8 Å². The summed E-state index contributed by atoms with van der Waals surface area (Å²) < 4.78 is 43.3. The summed E-state index contributed by atoms with van der Waals surface area (Å²) in [5.41, 5.74) is -4.95. The molecule has 0 spiro atoms. The lowest BCUT2D eigenvalue weighted by Gasteiger charge is -2.42. The number of alkyl halides is 3. The third-order valence-electron chi connectivity index (χ3n) is 2.34. The van der Waals surface area contributed by atoms with E-state index in [2.05, 4.69) is 0 Å². The first-order valence-corrected chi connectivity index (χ1v) is 5.47. The summed E-state index contributed by atoms with van der Waals surface area (Å²) >= 11 is 0. The highest BCUT2D eigenvalue weighted by atomic mass is 19.4. The summed E-state index contributed by atoms with van der Waals surface area (Å²) in [6.45, 7) is 3.68. The van der Waals surface area contributed by atoms with Gasteiger partial charge in [0.15, 0.2) is 0 Å². The highest BCUT2D eigenvalue weighted by Crippen LogP contribution is 2.35. The van der Waals surface area contributed by atoms with Gasteiger partial charge in [0, 0.05) is 13.1 Å². The number of nitrogens with zero attached hydrogens (tertiary/aromatic N) is 1. The average molecular weight is 284 g/mol. The number of piperazine rings is 1. The molecule has 9 heteroatoms. The van der Waals surface area contributed by atoms with Gasteiger partial charge in [-0.3, -0.25) is 9.69 Å². The molecule has 0 aromatic carbocycles. The number of amides is 2. The van der Waals surface area contributed by atoms with E-state index in [1.165, 1.54) is 20.8 Å². The van der Waals surface area contributed by atoms with Crippen molar-refractivity contribution in [1.82, 2.24) is 10.2 Å². The molecular weight excluding hydrogens is 269 g/mol. The maximum absolute atomic E-state index is 12.9. The first-order chi connectivity index (χ1) is 8.39. The second kappa shape index (κ2) is 4.55. The minimum Gasteiger partial charge on any atom is -0.444 e. The Morgan fingerprint density at radius 2 is 1.95 bits per heavy atom. The van der Waals surface area contributed by atoms with E-state index >= 15 is 0 Å². The number of halogens is 3. The summed E-state index contributed by atoms with van der Waals surface area (Å²) in [6, 6.07) is 0. The van der Waals surface area contributed by atoms with Crippen LogP contribution in [0.15, 0.2) is 0 Å². The van der Waals surface area contributed by atoms with Crippen molar-refractivity contribution in [1.29, 1.82) is 0 Å². The van der Waals surface area contributed by atoms with Crippen molar-refractivity contribution in [2.75, 3.05) is 13.1 Å². The molecule has 0 aromatic rings. The Kier molecular flexibility index (Phi) is 3.72. The predicted octanol–water partition coefficient (Wildman–Crippen LogP) is 0.604. The fraction of sp³-hybridized carbons (Fsp3) is 0.800. The van der Waals surface area contributed by atoms with Crippen LogP contribution in [-0.4, -0.2) is 52.6 Å². The summed E-state index contributed by atoms with van der Waals surface area (Å²) in [5.74, 6) is -1.70. The largest absolute Gasteiger partial charge is 0.446 e. The van der Waals surface area contributed by atoms with Crippen LogP contribution in [0.5, 0.6) is 0 Å². The topological polar surface area (TPSA) is 78.9 Å². The highest BCUT2D eigenvalue weighted by Gasteiger charge is 2.66. The van der Waals surface area contributed by atoms with E-state index in [-0.39, 0.29) is 11.4 Å². The molecule has 1 fully saturated rings. The van der Waals surface area contributed by atoms with Gasteiger partial charge in [-0.15, -0.1) is 0 Å². The number of rotatable bonds is 0. The van der Waals surface area contributed by atoms with Crippen molar-refractivity contribution >= 4 is 12.0 Å². The van der Waals surface area contributed by atoms with Crippen molar-refractivity contribution in [3.63, 3.8) is 0 Å². The standard InChI is InChI=1S/C10H15F3N2O4/c1-8(2,3)19-7(17)15-5-4-14-6(16)9(15,18)10(11,12)13/h18H,4-5H2,1-3H3,(H,14,16). The molecule has 1 heterocycles. The number of hydrogen-bond acceptors (Lipinski definition) is 4. The zero-order chi connectivity index (χ0) is 15.1. The van der Waals surface area contributed by atoms with E-state index in [0.717, 1.165) is 0 Å². The van der Waals surface area contributed by atoms with Crippen LogP contribution in [0.1, 0.15) is 20.8 Å². The van der Waals surface area contributed by atoms with Crippen molar-refractivity contribution in [3.8, 4) is 0 Å². The van der Waals surface area contributed by atoms with E-state index in [9.17, 15) is 27.9 Å². The Morgan fingerprint density at radius 1 is 1.42 bits per heavy atom. The summed E-state index contributed by atoms with van der Waals surface area (Å²) in [6.07, 6.45) is -6.73. The molecule has 0 saturated carbocycles. The van der Waals surface area contributed by atoms with Gasteiger partial charge in [-0.2, -0.15) is 13.2 Å². The number of carbonyl (C=O) groups is 2. The zero-order valence-electron chi connectivity index (χ0n) is 10.7. The summed E-state index contributed by atoms with van der Waals surface area (Å²) in [5, 5.41) is 11.5. The van der Waals surface area contributed by atoms with Crippen LogP contribution in [0.25, 0.3) is 0 Å². The van der Waals surface area contributed by atoms with Crippen molar-refractivity contribution in [3.05, 3.63) is 0 Å². The van der Waals surface area contributed by atoms with Crippen molar-refractivity contribution in [2.45, 2.75) is 38.3 Å². The third-order valence-corrected chi connectivity index (χ3v) is 2.34. The molecule has 0 radical (unpaired) electrons. The Hall–Kier alpha value is -1.51. The minimum atomic E-state index is -5.32. The Labute approximate surface area is 107 Å². The Bertz CT molecular complexity index is 391. The normalized spacial score (nSPS) is 25.0. The van der Waals surface area contributed by atoms with Gasteiger partial charge in [0.25, 0.3) is 5.91 Å². The van der Waals surface area contributed by atoms with Gasteiger partial charge in [0.1, 0.15) is 5.60 Å². The molecule has 1 aliphatic rings. The molecule has 19 heavy (non-hydrogen) atoms. The van der Waals surface area contributed by atoms with Crippen LogP contribution in [0.4, 0.5) is 18.0 Å². The molecule has 0 bridgehead atoms. The van der Waals surface area contributed by atoms with E-state index in [1.54, 1.807) is 0 Å². The zero-order valence-corrected chi connectivity index (χ0v) is 10.7. The lowest BCUT2D eigenvalue weighted by Crippen LogP contribution is -2.73. The lowest BCUT2D eigenvalue weighted by molar-refractivity contribution is -0.297. The SMILES string of the molecule is CC(C)(C)OC(=O)N1CCNC(=O)C1(O)C(F)(F)F. The molecule has 110 valence electrons. The maximum atomic E-state index is 12.9. The van der Waals surface area contributed by atoms with E-state index < -0.39 is 36.0 Å². The summed E-state index contributed by atoms with van der Waals surface area (Å²) in [4.78, 5) is 23.0. The molecule has 2 amide bonds. The van der Waals surface area contributed by atoms with Crippen LogP contribution in [0.3, 0.4) is 0 Å². The maximum Gasteiger partial charge on any atom is 0.446 e. The minimum absolute atomic E-state index is 0.0168. The number of ether oxygens (including phenoxy) is 1. The van der Waals surface area contributed by atoms with Gasteiger partial charge in [0.05, 0.1) is 0 Å². The molecule has 0 aromatic heterocycles. The molecule has 2 N–H and O–H groups in total. The molecule has 1 unspecified atom stereocenters. The second-order valence-electron chi connectivity index (χ2n) is 5.06. The van der Waals surface area contributed by atoms with E-state index in [1.807, 2.05) is 5.32 Å². The van der Waals surface area contributed by atoms with Crippen LogP contribution in [0, 0.1) is 0 Å². The number of nitrogens with one attached hydrogen (secondary N) is 1. The predicted molar refractivity (Wildman–Crippen MR) is 57.0 cm³/mol. The number of aliphatic hydroxyl groups is 1. The molecule has 1 rings (SSSR count). The van der Waals surface area contributed by atoms with Gasteiger partial charge in [-0.25, -0.2) is 4.79 Å². The van der Waals surface area contributed by atoms with Gasteiger partial charge >= 0.3 is 18.0 Å². The van der Waals surface area contributed by atoms with Gasteiger partial charge in [-0.1, -0.05) is 0 Å². The average Bonchev–Trinajstić information content (AvgIpc) is 2.17. The third kappa shape index (κ3) is 2.91. The Balaban J connectivity index is 3.09. The van der Waals surface area contributed by atoms with Crippen molar-refractivity contribution in [2.24, 2.45) is 0 Å². The molecule has 1 aliphatic heterocycles. The molecule has 1 atom stereocenters. The molecule has 1 saturated heterocycles. The van der Waals surface area contributed by atoms with Crippen LogP contribution < -0.4 is 5.32 Å². The van der Waals surface area contributed by atoms with Gasteiger partial charge in [0.2, 0.25) is 0 Å². The van der Waals surface area contributed by atoms with Crippen LogP contribution in [-0.2, 0) is 9.53 Å². The van der Waals surface area contributed by atoms with Crippen molar-refractivity contribution < 1.29 is 32.6 Å². The number of hydrogen-bond donors (Lipinski definition) is 2. The van der Waals surface area contributed by atoms with Crippen LogP contribution in [0.2, 0.25) is 0 Å². The fourth-order valence-corrected chi connectivity index (χ4v) is 1.51. The molecular formula is C10H15F3N2O4. The van der Waals surface area contributed by atoms with Gasteiger partial charge < -0.3 is 15.2 Å². The fourth-order valence-electron chi connectivity index (χ4n) is 1.51.